The summed E-state index contributed by atoms with van der Waals surface area (Å²) in [6.07, 6.45) is 3.99. The van der Waals surface area contributed by atoms with Gasteiger partial charge in [0, 0.05) is 70.3 Å². The molecule has 14 heteroatoms. The van der Waals surface area contributed by atoms with Crippen LogP contribution in [0.5, 0.6) is 0 Å². The van der Waals surface area contributed by atoms with Gasteiger partial charge in [0.05, 0.1) is 6.61 Å². The van der Waals surface area contributed by atoms with Gasteiger partial charge in [-0.2, -0.15) is 0 Å². The van der Waals surface area contributed by atoms with Crippen LogP contribution in [0.25, 0.3) is 11.4 Å². The number of carbonyl (C=O) groups excluding carboxylic acids is 4. The van der Waals surface area contributed by atoms with E-state index in [0.29, 0.717) is 49.9 Å². The second-order valence-corrected chi connectivity index (χ2v) is 12.5. The van der Waals surface area contributed by atoms with Crippen LogP contribution in [0.2, 0.25) is 0 Å². The summed E-state index contributed by atoms with van der Waals surface area (Å²) in [6.45, 7) is 7.21. The van der Waals surface area contributed by atoms with Crippen LogP contribution in [-0.2, 0) is 19.1 Å². The third-order valence-electron chi connectivity index (χ3n) is 8.84. The molecule has 0 radical (unpaired) electrons. The predicted octanol–water partition coefficient (Wildman–Crippen LogP) is 3.32. The lowest BCUT2D eigenvalue weighted by Crippen LogP contribution is -2.56. The molecule has 3 N–H and O–H groups in total. The van der Waals surface area contributed by atoms with Crippen LogP contribution in [0.3, 0.4) is 0 Å². The lowest BCUT2D eigenvalue weighted by Gasteiger charge is -2.36. The molecule has 2 aliphatic rings. The molecule has 4 rings (SSSR count). The van der Waals surface area contributed by atoms with E-state index in [-0.39, 0.29) is 56.5 Å². The highest BCUT2D eigenvalue weighted by molar-refractivity contribution is 5.97. The first-order valence-corrected chi connectivity index (χ1v) is 17.4. The molecule has 0 spiro atoms. The van der Waals surface area contributed by atoms with Gasteiger partial charge in [0.25, 0.3) is 5.91 Å². The van der Waals surface area contributed by atoms with Crippen molar-refractivity contribution in [3.63, 3.8) is 0 Å². The Morgan fingerprint density at radius 3 is 2.29 bits per heavy atom. The Morgan fingerprint density at radius 1 is 0.939 bits per heavy atom. The molecular formula is C35H49N7O7. The Morgan fingerprint density at radius 2 is 1.63 bits per heavy atom. The summed E-state index contributed by atoms with van der Waals surface area (Å²) in [4.78, 5) is 78.0. The molecule has 3 heterocycles. The first-order valence-electron chi connectivity index (χ1n) is 17.4. The number of carbonyl (C=O) groups is 5. The van der Waals surface area contributed by atoms with Gasteiger partial charge in [-0.1, -0.05) is 50.1 Å². The van der Waals surface area contributed by atoms with Crippen molar-refractivity contribution in [3.8, 4) is 11.4 Å². The van der Waals surface area contributed by atoms with Crippen LogP contribution in [0.4, 0.5) is 10.6 Å². The number of amides is 4. The molecule has 266 valence electrons. The number of benzene rings is 1. The summed E-state index contributed by atoms with van der Waals surface area (Å²) in [7, 11) is 0. The normalized spacial score (nSPS) is 15.8. The number of aliphatic carboxylic acids is 1. The van der Waals surface area contributed by atoms with Gasteiger partial charge in [0.1, 0.15) is 17.6 Å². The van der Waals surface area contributed by atoms with E-state index < -0.39 is 29.9 Å². The second-order valence-electron chi connectivity index (χ2n) is 12.5. The molecule has 2 aliphatic heterocycles. The van der Waals surface area contributed by atoms with Crippen LogP contribution in [-0.4, -0.2) is 113 Å². The zero-order chi connectivity index (χ0) is 35.2. The monoisotopic (exact) mass is 679 g/mol. The minimum absolute atomic E-state index is 0.0440. The van der Waals surface area contributed by atoms with Gasteiger partial charge in [0.2, 0.25) is 11.8 Å². The highest BCUT2D eigenvalue weighted by Gasteiger charge is 2.32. The molecule has 14 nitrogen and oxygen atoms in total. The van der Waals surface area contributed by atoms with E-state index in [1.807, 2.05) is 37.3 Å². The Hall–Kier alpha value is -4.75. The minimum atomic E-state index is -1.11. The van der Waals surface area contributed by atoms with E-state index in [0.717, 1.165) is 32.1 Å². The van der Waals surface area contributed by atoms with Crippen molar-refractivity contribution in [1.29, 1.82) is 0 Å². The Bertz CT molecular complexity index is 1420. The van der Waals surface area contributed by atoms with Crippen molar-refractivity contribution in [2.75, 3.05) is 57.3 Å². The van der Waals surface area contributed by atoms with Crippen molar-refractivity contribution < 1.29 is 33.8 Å². The van der Waals surface area contributed by atoms with Crippen molar-refractivity contribution in [2.24, 2.45) is 5.92 Å². The van der Waals surface area contributed by atoms with Crippen LogP contribution in [0, 0.1) is 5.92 Å². The van der Waals surface area contributed by atoms with Crippen LogP contribution in [0.15, 0.2) is 36.4 Å². The average Bonchev–Trinajstić information content (AvgIpc) is 3.12. The summed E-state index contributed by atoms with van der Waals surface area (Å²) in [6, 6.07) is 9.75. The predicted molar refractivity (Wildman–Crippen MR) is 183 cm³/mol. The number of anilines is 1. The molecule has 1 aromatic carbocycles. The molecule has 0 unspecified atom stereocenters. The number of hydrogen-bond donors (Lipinski definition) is 3. The van der Waals surface area contributed by atoms with Gasteiger partial charge >= 0.3 is 12.1 Å². The third-order valence-corrected chi connectivity index (χ3v) is 8.84. The van der Waals surface area contributed by atoms with Crippen molar-refractivity contribution in [3.05, 3.63) is 42.1 Å². The lowest BCUT2D eigenvalue weighted by atomic mass is 9.93. The first-order chi connectivity index (χ1) is 23.7. The fourth-order valence-electron chi connectivity index (χ4n) is 6.02. The largest absolute Gasteiger partial charge is 0.481 e. The molecule has 2 fully saturated rings. The minimum Gasteiger partial charge on any atom is -0.481 e. The number of rotatable bonds is 15. The molecule has 1 atom stereocenters. The zero-order valence-electron chi connectivity index (χ0n) is 28.6. The average molecular weight is 680 g/mol. The smallest absolute Gasteiger partial charge is 0.409 e. The molecule has 0 aliphatic carbocycles. The number of nitrogens with zero attached hydrogens (tertiary/aromatic N) is 5. The molecule has 49 heavy (non-hydrogen) atoms. The van der Waals surface area contributed by atoms with E-state index >= 15 is 0 Å². The van der Waals surface area contributed by atoms with Crippen LogP contribution < -0.4 is 15.5 Å². The van der Waals surface area contributed by atoms with Gasteiger partial charge in [-0.15, -0.1) is 0 Å². The summed E-state index contributed by atoms with van der Waals surface area (Å²) < 4.78 is 5.35. The number of piperidine rings is 1. The second kappa shape index (κ2) is 18.7. The number of piperazine rings is 1. The van der Waals surface area contributed by atoms with Gasteiger partial charge in [0.15, 0.2) is 5.82 Å². The molecule has 2 saturated heterocycles. The molecule has 1 aromatic heterocycles. The quantitative estimate of drug-likeness (QED) is 0.237. The van der Waals surface area contributed by atoms with Crippen molar-refractivity contribution >= 4 is 35.6 Å². The topological polar surface area (TPSA) is 174 Å². The summed E-state index contributed by atoms with van der Waals surface area (Å²) in [5.41, 5.74) is 0.766. The highest BCUT2D eigenvalue weighted by atomic mass is 16.6. The zero-order valence-corrected chi connectivity index (χ0v) is 28.6. The van der Waals surface area contributed by atoms with Gasteiger partial charge in [-0.3, -0.25) is 19.2 Å². The molecule has 0 bridgehead atoms. The lowest BCUT2D eigenvalue weighted by molar-refractivity contribution is -0.138. The van der Waals surface area contributed by atoms with E-state index in [1.165, 1.54) is 0 Å². The van der Waals surface area contributed by atoms with E-state index in [9.17, 15) is 29.1 Å². The fourth-order valence-corrected chi connectivity index (χ4v) is 6.02. The maximum Gasteiger partial charge on any atom is 0.409 e. The highest BCUT2D eigenvalue weighted by Crippen LogP contribution is 2.27. The molecule has 4 amide bonds. The molecule has 0 saturated carbocycles. The van der Waals surface area contributed by atoms with Gasteiger partial charge in [-0.25, -0.2) is 14.8 Å². The Kier molecular flexibility index (Phi) is 14.2. The SMILES string of the molecule is CCCCCOC(=O)N1CCN(C(=O)[C@H](CCC(=O)O)NC(=O)c2cc(N3CCC(CC(=O)NCC)CC3)nc(-c3ccccc3)n2)CC1. The Balaban J connectivity index is 1.47. The number of ether oxygens (including phenoxy) is 1. The fraction of sp³-hybridized carbons (Fsp3) is 0.571. The number of nitrogens with one attached hydrogen (secondary N) is 2. The van der Waals surface area contributed by atoms with Crippen molar-refractivity contribution in [2.45, 2.75) is 71.3 Å². The standard InChI is InChI=1S/C35H49N7O7/c1-3-5-9-22-49-35(48)42-20-18-41(19-21-42)34(47)27(12-13-31(44)45)38-33(46)28-24-29(39-32(37-28)26-10-7-6-8-11-26)40-16-14-25(15-17-40)23-30(43)36-4-2/h6-8,10-11,24-25,27H,3-5,9,12-23H2,1-2H3,(H,36,43)(H,38,46)(H,44,45)/t27-/m0/s1. The van der Waals surface area contributed by atoms with Crippen LogP contribution in [0.1, 0.15) is 75.7 Å². The summed E-state index contributed by atoms with van der Waals surface area (Å²) >= 11 is 0. The maximum absolute atomic E-state index is 13.8. The number of carboxylic acid groups (broad SMARTS) is 1. The van der Waals surface area contributed by atoms with Gasteiger partial charge < -0.3 is 35.2 Å². The number of aromatic nitrogens is 2. The van der Waals surface area contributed by atoms with E-state index in [2.05, 4.69) is 27.4 Å². The third kappa shape index (κ3) is 11.1. The molecular weight excluding hydrogens is 630 g/mol. The summed E-state index contributed by atoms with van der Waals surface area (Å²) in [5.74, 6) is -0.931. The number of hydrogen-bond acceptors (Lipinski definition) is 9. The van der Waals surface area contributed by atoms with E-state index in [1.54, 1.807) is 15.9 Å². The number of carboxylic acids is 1. The first kappa shape index (κ1) is 37.1. The van der Waals surface area contributed by atoms with Gasteiger partial charge in [-0.05, 0) is 38.5 Å². The number of unbranched alkanes of at least 4 members (excludes halogenated alkanes) is 2. The summed E-state index contributed by atoms with van der Waals surface area (Å²) in [5, 5.41) is 15.0. The van der Waals surface area contributed by atoms with Crippen molar-refractivity contribution in [1.82, 2.24) is 30.4 Å². The maximum atomic E-state index is 13.8. The van der Waals surface area contributed by atoms with Crippen LogP contribution >= 0.6 is 0 Å². The van der Waals surface area contributed by atoms with E-state index in [4.69, 9.17) is 9.72 Å². The molecule has 2 aromatic rings. The Labute approximate surface area is 287 Å².